The third-order valence-corrected chi connectivity index (χ3v) is 4.06. The van der Waals surface area contributed by atoms with Gasteiger partial charge in [0.25, 0.3) is 0 Å². The number of fused-ring (bicyclic) bond motifs is 2. The van der Waals surface area contributed by atoms with Crippen LogP contribution in [0.3, 0.4) is 0 Å². The number of halogens is 2. The Balaban J connectivity index is 0.00000161. The van der Waals surface area contributed by atoms with E-state index >= 15 is 0 Å². The molecule has 2 saturated heterocycles. The predicted octanol–water partition coefficient (Wildman–Crippen LogP) is 2.43. The molecule has 116 valence electrons. The average Bonchev–Trinajstić information content (AvgIpc) is 3.07. The van der Waals surface area contributed by atoms with E-state index in [0.717, 1.165) is 12.8 Å². The summed E-state index contributed by atoms with van der Waals surface area (Å²) in [6, 6.07) is 7.09. The van der Waals surface area contributed by atoms with E-state index in [2.05, 4.69) is 15.6 Å². The number of benzene rings is 1. The normalized spacial score (nSPS) is 27.3. The fraction of sp³-hybridized carbons (Fsp3) is 0.533. The van der Waals surface area contributed by atoms with Crippen molar-refractivity contribution < 1.29 is 9.13 Å². The van der Waals surface area contributed by atoms with Crippen LogP contribution in [0.25, 0.3) is 0 Å². The Morgan fingerprint density at radius 3 is 2.81 bits per heavy atom. The fourth-order valence-electron chi connectivity index (χ4n) is 2.98. The van der Waals surface area contributed by atoms with Crippen LogP contribution in [0.5, 0.6) is 0 Å². The third kappa shape index (κ3) is 3.85. The van der Waals surface area contributed by atoms with Crippen molar-refractivity contribution in [1.82, 2.24) is 10.6 Å². The molecule has 0 radical (unpaired) electrons. The molecule has 3 unspecified atom stereocenters. The highest BCUT2D eigenvalue weighted by Crippen LogP contribution is 2.34. The number of aliphatic imine (C=N–C) groups is 1. The Morgan fingerprint density at radius 2 is 2.19 bits per heavy atom. The lowest BCUT2D eigenvalue weighted by atomic mass is 9.96. The second kappa shape index (κ2) is 7.40. The number of rotatable bonds is 3. The standard InChI is InChI=1S/C15H20FN3O.HI/c1-17-15(18-9-10-4-2-3-5-12(10)16)19-13-8-11-6-7-14(13)20-11;/h2-5,11,13-14H,6-9H2,1H3,(H2,17,18,19);1H. The van der Waals surface area contributed by atoms with Gasteiger partial charge in [0.2, 0.25) is 0 Å². The van der Waals surface area contributed by atoms with Crippen molar-refractivity contribution in [1.29, 1.82) is 0 Å². The zero-order chi connectivity index (χ0) is 13.9. The summed E-state index contributed by atoms with van der Waals surface area (Å²) in [4.78, 5) is 4.20. The van der Waals surface area contributed by atoms with Gasteiger partial charge in [-0.25, -0.2) is 4.39 Å². The smallest absolute Gasteiger partial charge is 0.191 e. The number of nitrogens with zero attached hydrogens (tertiary/aromatic N) is 1. The molecule has 0 amide bonds. The molecule has 4 nitrogen and oxygen atoms in total. The topological polar surface area (TPSA) is 45.7 Å². The maximum Gasteiger partial charge on any atom is 0.191 e. The fourth-order valence-corrected chi connectivity index (χ4v) is 2.98. The molecule has 0 spiro atoms. The molecule has 0 aromatic heterocycles. The Labute approximate surface area is 141 Å². The van der Waals surface area contributed by atoms with Gasteiger partial charge in [0.05, 0.1) is 18.2 Å². The highest BCUT2D eigenvalue weighted by molar-refractivity contribution is 14.0. The molecule has 3 rings (SSSR count). The predicted molar refractivity (Wildman–Crippen MR) is 91.4 cm³/mol. The molecule has 0 aliphatic carbocycles. The van der Waals surface area contributed by atoms with E-state index in [4.69, 9.17) is 4.74 Å². The average molecular weight is 405 g/mol. The van der Waals surface area contributed by atoms with Gasteiger partial charge in [-0.05, 0) is 25.3 Å². The van der Waals surface area contributed by atoms with E-state index in [1.165, 1.54) is 12.5 Å². The van der Waals surface area contributed by atoms with Crippen molar-refractivity contribution in [2.75, 3.05) is 7.05 Å². The van der Waals surface area contributed by atoms with Gasteiger partial charge in [0.15, 0.2) is 5.96 Å². The van der Waals surface area contributed by atoms with Crippen LogP contribution < -0.4 is 10.6 Å². The summed E-state index contributed by atoms with van der Waals surface area (Å²) < 4.78 is 19.4. The zero-order valence-corrected chi connectivity index (χ0v) is 14.3. The highest BCUT2D eigenvalue weighted by Gasteiger charge is 2.41. The van der Waals surface area contributed by atoms with Crippen LogP contribution in [0.15, 0.2) is 29.3 Å². The minimum Gasteiger partial charge on any atom is -0.373 e. The first-order chi connectivity index (χ1) is 9.76. The lowest BCUT2D eigenvalue weighted by Crippen LogP contribution is -2.47. The van der Waals surface area contributed by atoms with E-state index in [9.17, 15) is 4.39 Å². The molecule has 21 heavy (non-hydrogen) atoms. The molecule has 2 aliphatic heterocycles. The molecule has 1 aromatic rings. The second-order valence-electron chi connectivity index (χ2n) is 5.38. The van der Waals surface area contributed by atoms with Crippen LogP contribution in [-0.4, -0.2) is 31.3 Å². The zero-order valence-electron chi connectivity index (χ0n) is 12.0. The summed E-state index contributed by atoms with van der Waals surface area (Å²) in [5.41, 5.74) is 0.639. The Kier molecular flexibility index (Phi) is 5.80. The number of nitrogens with one attached hydrogen (secondary N) is 2. The van der Waals surface area contributed by atoms with Crippen molar-refractivity contribution in [2.24, 2.45) is 4.99 Å². The molecule has 2 bridgehead atoms. The van der Waals surface area contributed by atoms with Gasteiger partial charge in [-0.3, -0.25) is 4.99 Å². The molecular formula is C15H21FIN3O. The summed E-state index contributed by atoms with van der Waals surface area (Å²) in [6.45, 7) is 0.425. The van der Waals surface area contributed by atoms with Gasteiger partial charge in [-0.1, -0.05) is 18.2 Å². The molecule has 2 N–H and O–H groups in total. The van der Waals surface area contributed by atoms with Gasteiger partial charge >= 0.3 is 0 Å². The monoisotopic (exact) mass is 405 g/mol. The Morgan fingerprint density at radius 1 is 1.38 bits per heavy atom. The molecule has 2 heterocycles. The summed E-state index contributed by atoms with van der Waals surface area (Å²) in [7, 11) is 1.73. The number of ether oxygens (including phenoxy) is 1. The van der Waals surface area contributed by atoms with Crippen LogP contribution in [0.4, 0.5) is 4.39 Å². The molecule has 6 heteroatoms. The van der Waals surface area contributed by atoms with Crippen molar-refractivity contribution in [3.05, 3.63) is 35.6 Å². The minimum absolute atomic E-state index is 0. The van der Waals surface area contributed by atoms with Crippen molar-refractivity contribution in [3.8, 4) is 0 Å². The molecule has 2 fully saturated rings. The second-order valence-corrected chi connectivity index (χ2v) is 5.38. The van der Waals surface area contributed by atoms with Gasteiger partial charge in [0.1, 0.15) is 5.82 Å². The molecule has 3 atom stereocenters. The summed E-state index contributed by atoms with van der Waals surface area (Å²) >= 11 is 0. The SMILES string of the molecule is CN=C(NCc1ccccc1F)NC1CC2CCC1O2.I. The first-order valence-corrected chi connectivity index (χ1v) is 7.12. The quantitative estimate of drug-likeness (QED) is 0.462. The third-order valence-electron chi connectivity index (χ3n) is 4.06. The van der Waals surface area contributed by atoms with Gasteiger partial charge < -0.3 is 15.4 Å². The number of hydrogen-bond acceptors (Lipinski definition) is 2. The maximum atomic E-state index is 13.6. The van der Waals surface area contributed by atoms with E-state index in [1.54, 1.807) is 19.2 Å². The molecule has 1 aromatic carbocycles. The van der Waals surface area contributed by atoms with Crippen molar-refractivity contribution >= 4 is 29.9 Å². The van der Waals surface area contributed by atoms with E-state index in [1.807, 2.05) is 6.07 Å². The first-order valence-electron chi connectivity index (χ1n) is 7.12. The van der Waals surface area contributed by atoms with Crippen molar-refractivity contribution in [3.63, 3.8) is 0 Å². The summed E-state index contributed by atoms with van der Waals surface area (Å²) in [5, 5.41) is 6.53. The van der Waals surface area contributed by atoms with E-state index in [0.29, 0.717) is 36.3 Å². The van der Waals surface area contributed by atoms with E-state index in [-0.39, 0.29) is 29.8 Å². The van der Waals surface area contributed by atoms with Gasteiger partial charge in [-0.15, -0.1) is 24.0 Å². The lowest BCUT2D eigenvalue weighted by Gasteiger charge is -2.22. The first kappa shape index (κ1) is 16.5. The van der Waals surface area contributed by atoms with E-state index < -0.39 is 0 Å². The highest BCUT2D eigenvalue weighted by atomic mass is 127. The van der Waals surface area contributed by atoms with Crippen LogP contribution >= 0.6 is 24.0 Å². The summed E-state index contributed by atoms with van der Waals surface area (Å²) in [5.74, 6) is 0.508. The van der Waals surface area contributed by atoms with Gasteiger partial charge in [-0.2, -0.15) is 0 Å². The lowest BCUT2D eigenvalue weighted by molar-refractivity contribution is 0.0992. The largest absolute Gasteiger partial charge is 0.373 e. The van der Waals surface area contributed by atoms with Crippen LogP contribution in [0.2, 0.25) is 0 Å². The maximum absolute atomic E-state index is 13.6. The summed E-state index contributed by atoms with van der Waals surface area (Å²) in [6.07, 6.45) is 4.02. The van der Waals surface area contributed by atoms with Crippen molar-refractivity contribution in [2.45, 2.75) is 44.1 Å². The van der Waals surface area contributed by atoms with Crippen LogP contribution in [0, 0.1) is 5.82 Å². The van der Waals surface area contributed by atoms with Crippen LogP contribution in [-0.2, 0) is 11.3 Å². The Hall–Kier alpha value is -0.890. The van der Waals surface area contributed by atoms with Gasteiger partial charge in [0, 0.05) is 19.2 Å². The minimum atomic E-state index is -0.196. The number of hydrogen-bond donors (Lipinski definition) is 2. The Bertz CT molecular complexity index is 511. The molecule has 2 aliphatic rings. The number of guanidine groups is 1. The molecular weight excluding hydrogens is 384 g/mol. The van der Waals surface area contributed by atoms with Crippen LogP contribution in [0.1, 0.15) is 24.8 Å². The molecule has 0 saturated carbocycles.